The molecule has 0 saturated heterocycles. The molecule has 0 N–H and O–H groups in total. The van der Waals surface area contributed by atoms with Crippen molar-refractivity contribution in [1.82, 2.24) is 9.88 Å². The van der Waals surface area contributed by atoms with Gasteiger partial charge in [0.2, 0.25) is 0 Å². The average molecular weight is 293 g/mol. The SMILES string of the molecule is CCOCCN(C)C(=O)c1cc(Cl)nc2ccccc12. The zero-order valence-electron chi connectivity index (χ0n) is 11.6. The molecule has 1 heterocycles. The molecule has 0 radical (unpaired) electrons. The Morgan fingerprint density at radius 1 is 1.40 bits per heavy atom. The molecule has 0 saturated carbocycles. The van der Waals surface area contributed by atoms with Crippen molar-refractivity contribution in [3.63, 3.8) is 0 Å². The van der Waals surface area contributed by atoms with E-state index in [1.165, 1.54) is 0 Å². The molecule has 0 aliphatic rings. The van der Waals surface area contributed by atoms with Gasteiger partial charge in [-0.3, -0.25) is 4.79 Å². The van der Waals surface area contributed by atoms with Crippen molar-refractivity contribution < 1.29 is 9.53 Å². The number of hydrogen-bond donors (Lipinski definition) is 0. The highest BCUT2D eigenvalue weighted by molar-refractivity contribution is 6.30. The van der Waals surface area contributed by atoms with Crippen LogP contribution in [0.1, 0.15) is 17.3 Å². The second kappa shape index (κ2) is 6.68. The Morgan fingerprint density at radius 3 is 2.90 bits per heavy atom. The molecule has 106 valence electrons. The lowest BCUT2D eigenvalue weighted by molar-refractivity contribution is 0.0711. The molecule has 0 fully saturated rings. The van der Waals surface area contributed by atoms with E-state index in [0.717, 1.165) is 10.9 Å². The predicted molar refractivity (Wildman–Crippen MR) is 80.2 cm³/mol. The lowest BCUT2D eigenvalue weighted by atomic mass is 10.1. The molecule has 0 aliphatic carbocycles. The number of likely N-dealkylation sites (N-methyl/N-ethyl adjacent to an activating group) is 1. The molecule has 4 nitrogen and oxygen atoms in total. The Morgan fingerprint density at radius 2 is 2.15 bits per heavy atom. The first-order valence-corrected chi connectivity index (χ1v) is 6.89. The minimum Gasteiger partial charge on any atom is -0.380 e. The van der Waals surface area contributed by atoms with E-state index < -0.39 is 0 Å². The van der Waals surface area contributed by atoms with Crippen LogP contribution in [0.5, 0.6) is 0 Å². The lowest BCUT2D eigenvalue weighted by Gasteiger charge is -2.18. The van der Waals surface area contributed by atoms with Crippen LogP contribution in [0.3, 0.4) is 0 Å². The Hall–Kier alpha value is -1.65. The second-order valence-corrected chi connectivity index (χ2v) is 4.82. The molecular formula is C15H17ClN2O2. The molecule has 1 aromatic carbocycles. The summed E-state index contributed by atoms with van der Waals surface area (Å²) in [6, 6.07) is 9.09. The molecular weight excluding hydrogens is 276 g/mol. The highest BCUT2D eigenvalue weighted by Gasteiger charge is 2.16. The normalized spacial score (nSPS) is 10.8. The molecule has 1 amide bonds. The van der Waals surface area contributed by atoms with E-state index in [0.29, 0.717) is 30.5 Å². The largest absolute Gasteiger partial charge is 0.380 e. The summed E-state index contributed by atoms with van der Waals surface area (Å²) in [6.45, 7) is 3.64. The first-order chi connectivity index (χ1) is 9.63. The Kier molecular flexibility index (Phi) is 4.93. The zero-order valence-corrected chi connectivity index (χ0v) is 12.4. The minimum atomic E-state index is -0.0785. The van der Waals surface area contributed by atoms with Gasteiger partial charge < -0.3 is 9.64 Å². The molecule has 0 unspecified atom stereocenters. The van der Waals surface area contributed by atoms with Crippen LogP contribution >= 0.6 is 11.6 Å². The monoisotopic (exact) mass is 292 g/mol. The van der Waals surface area contributed by atoms with Gasteiger partial charge in [0.05, 0.1) is 17.7 Å². The third-order valence-corrected chi connectivity index (χ3v) is 3.23. The van der Waals surface area contributed by atoms with Crippen molar-refractivity contribution in [2.75, 3.05) is 26.8 Å². The number of carbonyl (C=O) groups excluding carboxylic acids is 1. The number of amides is 1. The average Bonchev–Trinajstić information content (AvgIpc) is 2.45. The fraction of sp³-hybridized carbons (Fsp3) is 0.333. The van der Waals surface area contributed by atoms with E-state index in [1.54, 1.807) is 18.0 Å². The van der Waals surface area contributed by atoms with E-state index in [2.05, 4.69) is 4.98 Å². The van der Waals surface area contributed by atoms with Gasteiger partial charge in [-0.05, 0) is 19.1 Å². The molecule has 2 aromatic rings. The maximum atomic E-state index is 12.5. The summed E-state index contributed by atoms with van der Waals surface area (Å²) in [7, 11) is 1.75. The van der Waals surface area contributed by atoms with E-state index in [-0.39, 0.29) is 5.91 Å². The third kappa shape index (κ3) is 3.26. The minimum absolute atomic E-state index is 0.0785. The first kappa shape index (κ1) is 14.8. The first-order valence-electron chi connectivity index (χ1n) is 6.52. The predicted octanol–water partition coefficient (Wildman–Crippen LogP) is 3.00. The number of para-hydroxylation sites is 1. The van der Waals surface area contributed by atoms with Gasteiger partial charge in [-0.25, -0.2) is 4.98 Å². The highest BCUT2D eigenvalue weighted by atomic mass is 35.5. The second-order valence-electron chi connectivity index (χ2n) is 4.43. The number of rotatable bonds is 5. The van der Waals surface area contributed by atoms with Crippen LogP contribution in [-0.4, -0.2) is 42.6 Å². The number of nitrogens with zero attached hydrogens (tertiary/aromatic N) is 2. The Labute approximate surface area is 123 Å². The number of ether oxygens (including phenoxy) is 1. The molecule has 0 atom stereocenters. The zero-order chi connectivity index (χ0) is 14.5. The quantitative estimate of drug-likeness (QED) is 0.628. The number of hydrogen-bond acceptors (Lipinski definition) is 3. The van der Waals surface area contributed by atoms with Gasteiger partial charge in [-0.15, -0.1) is 0 Å². The molecule has 1 aromatic heterocycles. The summed E-state index contributed by atoms with van der Waals surface area (Å²) in [5, 5.41) is 1.13. The number of fused-ring (bicyclic) bond motifs is 1. The fourth-order valence-electron chi connectivity index (χ4n) is 1.97. The lowest BCUT2D eigenvalue weighted by Crippen LogP contribution is -2.30. The summed E-state index contributed by atoms with van der Waals surface area (Å²) < 4.78 is 5.27. The Balaban J connectivity index is 2.29. The van der Waals surface area contributed by atoms with Crippen molar-refractivity contribution in [3.05, 3.63) is 41.0 Å². The van der Waals surface area contributed by atoms with Gasteiger partial charge >= 0.3 is 0 Å². The third-order valence-electron chi connectivity index (χ3n) is 3.04. The maximum Gasteiger partial charge on any atom is 0.254 e. The summed E-state index contributed by atoms with van der Waals surface area (Å²) in [6.07, 6.45) is 0. The van der Waals surface area contributed by atoms with Crippen molar-refractivity contribution in [1.29, 1.82) is 0 Å². The molecule has 5 heteroatoms. The van der Waals surface area contributed by atoms with Crippen LogP contribution in [0.4, 0.5) is 0 Å². The molecule has 2 rings (SSSR count). The number of carbonyl (C=O) groups is 1. The van der Waals surface area contributed by atoms with E-state index in [9.17, 15) is 4.79 Å². The highest BCUT2D eigenvalue weighted by Crippen LogP contribution is 2.21. The standard InChI is InChI=1S/C15H17ClN2O2/c1-3-20-9-8-18(2)15(19)12-10-14(16)17-13-7-5-4-6-11(12)13/h4-7,10H,3,8-9H2,1-2H3. The Bertz CT molecular complexity index is 616. The molecule has 0 bridgehead atoms. The van der Waals surface area contributed by atoms with E-state index in [1.807, 2.05) is 31.2 Å². The van der Waals surface area contributed by atoms with Gasteiger partial charge in [0.15, 0.2) is 0 Å². The summed E-state index contributed by atoms with van der Waals surface area (Å²) in [5.41, 5.74) is 1.29. The molecule has 20 heavy (non-hydrogen) atoms. The van der Waals surface area contributed by atoms with Gasteiger partial charge in [0.25, 0.3) is 5.91 Å². The fourth-order valence-corrected chi connectivity index (χ4v) is 2.17. The number of halogens is 1. The van der Waals surface area contributed by atoms with Crippen LogP contribution < -0.4 is 0 Å². The summed E-state index contributed by atoms with van der Waals surface area (Å²) in [4.78, 5) is 18.3. The molecule has 0 spiro atoms. The van der Waals surface area contributed by atoms with E-state index in [4.69, 9.17) is 16.3 Å². The van der Waals surface area contributed by atoms with Gasteiger partial charge in [0.1, 0.15) is 5.15 Å². The smallest absolute Gasteiger partial charge is 0.254 e. The molecule has 0 aliphatic heterocycles. The summed E-state index contributed by atoms with van der Waals surface area (Å²) in [5.74, 6) is -0.0785. The van der Waals surface area contributed by atoms with Crippen LogP contribution in [0.25, 0.3) is 10.9 Å². The number of benzene rings is 1. The van der Waals surface area contributed by atoms with E-state index >= 15 is 0 Å². The summed E-state index contributed by atoms with van der Waals surface area (Å²) >= 11 is 5.99. The van der Waals surface area contributed by atoms with Crippen molar-refractivity contribution >= 4 is 28.4 Å². The van der Waals surface area contributed by atoms with Crippen molar-refractivity contribution in [2.45, 2.75) is 6.92 Å². The van der Waals surface area contributed by atoms with Gasteiger partial charge in [0, 0.05) is 25.6 Å². The van der Waals surface area contributed by atoms with Crippen LogP contribution in [0, 0.1) is 0 Å². The van der Waals surface area contributed by atoms with Crippen LogP contribution in [-0.2, 0) is 4.74 Å². The topological polar surface area (TPSA) is 42.4 Å². The van der Waals surface area contributed by atoms with Crippen molar-refractivity contribution in [2.24, 2.45) is 0 Å². The van der Waals surface area contributed by atoms with Crippen LogP contribution in [0.15, 0.2) is 30.3 Å². The van der Waals surface area contributed by atoms with Crippen LogP contribution in [0.2, 0.25) is 5.15 Å². The number of aromatic nitrogens is 1. The van der Waals surface area contributed by atoms with Crippen molar-refractivity contribution in [3.8, 4) is 0 Å². The van der Waals surface area contributed by atoms with Gasteiger partial charge in [-0.1, -0.05) is 29.8 Å². The number of pyridine rings is 1. The van der Waals surface area contributed by atoms with Gasteiger partial charge in [-0.2, -0.15) is 0 Å². The maximum absolute atomic E-state index is 12.5.